The lowest BCUT2D eigenvalue weighted by atomic mass is 9.96. The molecular weight excluding hydrogens is 248 g/mol. The maximum Gasteiger partial charge on any atom is 0.103 e. The van der Waals surface area contributed by atoms with Crippen molar-refractivity contribution in [1.82, 2.24) is 14.9 Å². The Kier molecular flexibility index (Phi) is 4.75. The van der Waals surface area contributed by atoms with Crippen LogP contribution in [0.4, 0.5) is 0 Å². The Bertz CT molecular complexity index is 596. The fourth-order valence-electron chi connectivity index (χ4n) is 2.52. The number of aryl methyl sites for hydroxylation is 1. The summed E-state index contributed by atoms with van der Waals surface area (Å²) in [6.45, 7) is 5.79. The van der Waals surface area contributed by atoms with Crippen LogP contribution in [0.2, 0.25) is 0 Å². The summed E-state index contributed by atoms with van der Waals surface area (Å²) in [6, 6.07) is 10.5. The summed E-state index contributed by atoms with van der Waals surface area (Å²) >= 11 is 0. The van der Waals surface area contributed by atoms with Crippen molar-refractivity contribution in [2.24, 2.45) is 0 Å². The van der Waals surface area contributed by atoms with E-state index in [0.717, 1.165) is 37.9 Å². The van der Waals surface area contributed by atoms with Crippen LogP contribution >= 0.6 is 0 Å². The van der Waals surface area contributed by atoms with Gasteiger partial charge in [0.15, 0.2) is 0 Å². The van der Waals surface area contributed by atoms with Crippen LogP contribution in [-0.4, -0.2) is 21.6 Å². The van der Waals surface area contributed by atoms with Crippen molar-refractivity contribution in [2.75, 3.05) is 6.54 Å². The second kappa shape index (κ2) is 6.53. The quantitative estimate of drug-likeness (QED) is 0.787. The van der Waals surface area contributed by atoms with Crippen LogP contribution in [0, 0.1) is 11.3 Å². The first-order valence-corrected chi connectivity index (χ1v) is 7.25. The first-order chi connectivity index (χ1) is 9.68. The standard InChI is InChI=1S/C16H22N4/c1-3-19-16(2,12-17)10-6-7-11-20-13-18-14-8-4-5-9-15(14)20/h4-5,8-9,13,19H,3,6-7,10-11H2,1-2H3. The van der Waals surface area contributed by atoms with Gasteiger partial charge in [0.05, 0.1) is 23.4 Å². The molecular formula is C16H22N4. The maximum atomic E-state index is 9.21. The molecule has 1 heterocycles. The number of unbranched alkanes of at least 4 members (excludes halogenated alkanes) is 1. The molecule has 2 aromatic rings. The molecule has 4 heteroatoms. The minimum Gasteiger partial charge on any atom is -0.331 e. The molecule has 0 spiro atoms. The van der Waals surface area contributed by atoms with Gasteiger partial charge in [-0.2, -0.15) is 5.26 Å². The lowest BCUT2D eigenvalue weighted by Crippen LogP contribution is -2.40. The van der Waals surface area contributed by atoms with E-state index in [1.165, 1.54) is 5.52 Å². The van der Waals surface area contributed by atoms with Crippen molar-refractivity contribution >= 4 is 11.0 Å². The summed E-state index contributed by atoms with van der Waals surface area (Å²) < 4.78 is 2.19. The van der Waals surface area contributed by atoms with Crippen LogP contribution in [0.25, 0.3) is 11.0 Å². The molecule has 20 heavy (non-hydrogen) atoms. The van der Waals surface area contributed by atoms with Crippen LogP contribution < -0.4 is 5.32 Å². The Morgan fingerprint density at radius 3 is 2.90 bits per heavy atom. The zero-order valence-corrected chi connectivity index (χ0v) is 12.3. The van der Waals surface area contributed by atoms with Gasteiger partial charge in [-0.1, -0.05) is 19.1 Å². The molecule has 0 amide bonds. The lowest BCUT2D eigenvalue weighted by Gasteiger charge is -2.22. The lowest BCUT2D eigenvalue weighted by molar-refractivity contribution is 0.405. The zero-order valence-electron chi connectivity index (χ0n) is 12.3. The van der Waals surface area contributed by atoms with Crippen molar-refractivity contribution in [3.8, 4) is 6.07 Å². The summed E-state index contributed by atoms with van der Waals surface area (Å²) in [7, 11) is 0. The van der Waals surface area contributed by atoms with Gasteiger partial charge in [-0.25, -0.2) is 4.98 Å². The highest BCUT2D eigenvalue weighted by atomic mass is 15.0. The average Bonchev–Trinajstić information content (AvgIpc) is 2.87. The van der Waals surface area contributed by atoms with Gasteiger partial charge in [-0.05, 0) is 44.9 Å². The predicted octanol–water partition coefficient (Wildman–Crippen LogP) is 3.10. The van der Waals surface area contributed by atoms with E-state index in [9.17, 15) is 5.26 Å². The Balaban J connectivity index is 1.86. The third kappa shape index (κ3) is 3.37. The molecule has 1 aromatic heterocycles. The van der Waals surface area contributed by atoms with E-state index in [1.807, 2.05) is 38.4 Å². The first-order valence-electron chi connectivity index (χ1n) is 7.25. The van der Waals surface area contributed by atoms with E-state index in [0.29, 0.717) is 0 Å². The SMILES string of the molecule is CCNC(C)(C#N)CCCCn1cnc2ccccc21. The Hall–Kier alpha value is -1.86. The molecule has 0 radical (unpaired) electrons. The van der Waals surface area contributed by atoms with Crippen molar-refractivity contribution in [3.63, 3.8) is 0 Å². The minimum absolute atomic E-state index is 0.397. The molecule has 1 atom stereocenters. The van der Waals surface area contributed by atoms with Crippen molar-refractivity contribution < 1.29 is 0 Å². The average molecular weight is 270 g/mol. The molecule has 106 valence electrons. The number of hydrogen-bond acceptors (Lipinski definition) is 3. The van der Waals surface area contributed by atoms with Gasteiger partial charge in [0.25, 0.3) is 0 Å². The molecule has 1 aromatic carbocycles. The summed E-state index contributed by atoms with van der Waals surface area (Å²) in [5, 5.41) is 12.5. The molecule has 0 aliphatic rings. The highest BCUT2D eigenvalue weighted by molar-refractivity contribution is 5.74. The van der Waals surface area contributed by atoms with Gasteiger partial charge in [0.2, 0.25) is 0 Å². The van der Waals surface area contributed by atoms with Crippen LogP contribution in [-0.2, 0) is 6.54 Å². The highest BCUT2D eigenvalue weighted by Gasteiger charge is 2.21. The summed E-state index contributed by atoms with van der Waals surface area (Å²) in [6.07, 6.45) is 4.87. The molecule has 1 N–H and O–H groups in total. The molecule has 0 fully saturated rings. The fourth-order valence-corrected chi connectivity index (χ4v) is 2.52. The number of fused-ring (bicyclic) bond motifs is 1. The molecule has 1 unspecified atom stereocenters. The Morgan fingerprint density at radius 2 is 2.15 bits per heavy atom. The molecule has 0 bridgehead atoms. The number of imidazole rings is 1. The zero-order chi connectivity index (χ0) is 14.4. The maximum absolute atomic E-state index is 9.21. The van der Waals surface area contributed by atoms with Crippen molar-refractivity contribution in [3.05, 3.63) is 30.6 Å². The van der Waals surface area contributed by atoms with E-state index >= 15 is 0 Å². The van der Waals surface area contributed by atoms with Gasteiger partial charge in [-0.3, -0.25) is 5.32 Å². The number of nitrogens with zero attached hydrogens (tertiary/aromatic N) is 3. The monoisotopic (exact) mass is 270 g/mol. The summed E-state index contributed by atoms with van der Waals surface area (Å²) in [5.74, 6) is 0. The fraction of sp³-hybridized carbons (Fsp3) is 0.500. The molecule has 2 rings (SSSR count). The van der Waals surface area contributed by atoms with E-state index in [-0.39, 0.29) is 0 Å². The summed E-state index contributed by atoms with van der Waals surface area (Å²) in [4.78, 5) is 4.39. The normalized spacial score (nSPS) is 14.1. The minimum atomic E-state index is -0.397. The molecule has 4 nitrogen and oxygen atoms in total. The van der Waals surface area contributed by atoms with Crippen LogP contribution in [0.15, 0.2) is 30.6 Å². The van der Waals surface area contributed by atoms with E-state index in [4.69, 9.17) is 0 Å². The van der Waals surface area contributed by atoms with Crippen LogP contribution in [0.3, 0.4) is 0 Å². The summed E-state index contributed by atoms with van der Waals surface area (Å²) in [5.41, 5.74) is 1.83. The number of rotatable bonds is 7. The van der Waals surface area contributed by atoms with Gasteiger partial charge < -0.3 is 4.57 Å². The first kappa shape index (κ1) is 14.5. The second-order valence-corrected chi connectivity index (χ2v) is 5.36. The topological polar surface area (TPSA) is 53.6 Å². The number of nitrogens with one attached hydrogen (secondary N) is 1. The van der Waals surface area contributed by atoms with Crippen molar-refractivity contribution in [1.29, 1.82) is 5.26 Å². The van der Waals surface area contributed by atoms with Crippen LogP contribution in [0.1, 0.15) is 33.1 Å². The number of nitriles is 1. The smallest absolute Gasteiger partial charge is 0.103 e. The third-order valence-electron chi connectivity index (χ3n) is 3.67. The molecule has 0 saturated heterocycles. The van der Waals surface area contributed by atoms with Gasteiger partial charge in [0.1, 0.15) is 5.54 Å². The van der Waals surface area contributed by atoms with Gasteiger partial charge >= 0.3 is 0 Å². The number of hydrogen-bond donors (Lipinski definition) is 1. The number of aromatic nitrogens is 2. The van der Waals surface area contributed by atoms with E-state index < -0.39 is 5.54 Å². The largest absolute Gasteiger partial charge is 0.331 e. The third-order valence-corrected chi connectivity index (χ3v) is 3.67. The van der Waals surface area contributed by atoms with E-state index in [1.54, 1.807) is 0 Å². The number of benzene rings is 1. The second-order valence-electron chi connectivity index (χ2n) is 5.36. The van der Waals surface area contributed by atoms with E-state index in [2.05, 4.69) is 27.0 Å². The Labute approximate surface area is 120 Å². The molecule has 0 aliphatic carbocycles. The van der Waals surface area contributed by atoms with Gasteiger partial charge in [-0.15, -0.1) is 0 Å². The predicted molar refractivity (Wildman–Crippen MR) is 81.3 cm³/mol. The molecule has 0 aliphatic heterocycles. The van der Waals surface area contributed by atoms with Crippen molar-refractivity contribution in [2.45, 2.75) is 45.2 Å². The highest BCUT2D eigenvalue weighted by Crippen LogP contribution is 2.16. The Morgan fingerprint density at radius 1 is 1.35 bits per heavy atom. The van der Waals surface area contributed by atoms with Crippen LogP contribution in [0.5, 0.6) is 0 Å². The number of para-hydroxylation sites is 2. The molecule has 0 saturated carbocycles. The van der Waals surface area contributed by atoms with Gasteiger partial charge in [0, 0.05) is 6.54 Å².